The zero-order valence-corrected chi connectivity index (χ0v) is 14.8. The van der Waals surface area contributed by atoms with Crippen molar-refractivity contribution >= 4 is 6.29 Å². The molecule has 5 N–H and O–H groups in total. The second kappa shape index (κ2) is 14.7. The fourth-order valence-corrected chi connectivity index (χ4v) is 2.58. The molecule has 0 rings (SSSR count). The quantitative estimate of drug-likeness (QED) is 0.191. The van der Waals surface area contributed by atoms with Crippen LogP contribution in [0, 0.1) is 0 Å². The van der Waals surface area contributed by atoms with E-state index in [1.165, 1.54) is 0 Å². The summed E-state index contributed by atoms with van der Waals surface area (Å²) in [7, 11) is 1.82. The number of hydrogen-bond acceptors (Lipinski definition) is 7. The van der Waals surface area contributed by atoms with E-state index in [0.717, 1.165) is 57.8 Å². The third-order valence-corrected chi connectivity index (χ3v) is 4.19. The minimum atomic E-state index is -1.57. The zero-order chi connectivity index (χ0) is 18.4. The molecule has 0 spiro atoms. The first-order valence-electron chi connectivity index (χ1n) is 8.89. The number of rotatable bonds is 16. The van der Waals surface area contributed by atoms with Crippen molar-refractivity contribution < 1.29 is 30.3 Å². The number of aliphatic hydroxyl groups is 5. The Kier molecular flexibility index (Phi) is 14.4. The molecule has 0 aliphatic heterocycles. The maximum atomic E-state index is 10.2. The van der Waals surface area contributed by atoms with Crippen LogP contribution >= 0.6 is 0 Å². The highest BCUT2D eigenvalue weighted by Gasteiger charge is 2.30. The summed E-state index contributed by atoms with van der Waals surface area (Å²) in [6.45, 7) is 0.283. The molecule has 0 saturated heterocycles. The van der Waals surface area contributed by atoms with Crippen LogP contribution in [0.15, 0.2) is 0 Å². The number of carbonyl (C=O) groups is 1. The van der Waals surface area contributed by atoms with Crippen LogP contribution in [0.1, 0.15) is 51.4 Å². The molecule has 0 aromatic rings. The highest BCUT2D eigenvalue weighted by molar-refractivity contribution is 5.48. The number of carbonyl (C=O) groups excluding carboxylic acids is 1. The Morgan fingerprint density at radius 2 is 1.33 bits per heavy atom. The van der Waals surface area contributed by atoms with Gasteiger partial charge in [0.25, 0.3) is 0 Å². The van der Waals surface area contributed by atoms with E-state index in [1.54, 1.807) is 0 Å². The first-order chi connectivity index (χ1) is 11.4. The summed E-state index contributed by atoms with van der Waals surface area (Å²) in [6.07, 6.45) is 3.49. The summed E-state index contributed by atoms with van der Waals surface area (Å²) in [5.41, 5.74) is 0. The van der Waals surface area contributed by atoms with Gasteiger partial charge >= 0.3 is 0 Å². The lowest BCUT2D eigenvalue weighted by atomic mass is 10.0. The lowest BCUT2D eigenvalue weighted by Crippen LogP contribution is -2.49. The van der Waals surface area contributed by atoms with Gasteiger partial charge in [0, 0.05) is 13.0 Å². The van der Waals surface area contributed by atoms with Crippen molar-refractivity contribution in [1.29, 1.82) is 0 Å². The molecule has 24 heavy (non-hydrogen) atoms. The highest BCUT2D eigenvalue weighted by Crippen LogP contribution is 2.10. The summed E-state index contributed by atoms with van der Waals surface area (Å²) in [6, 6.07) is 0. The molecular formula is C17H35NO6. The summed E-state index contributed by atoms with van der Waals surface area (Å²) < 4.78 is 0. The number of nitrogens with zero attached hydrogens (tertiary/aromatic N) is 1. The Hall–Kier alpha value is -0.570. The smallest absolute Gasteiger partial charge is 0.119 e. The first-order valence-corrected chi connectivity index (χ1v) is 8.89. The molecule has 0 amide bonds. The standard InChI is InChI=1S/C17H35NO6/c1-18(10-8-6-4-2-3-5-7-9-11-19)12-14(21)16(23)17(24)15(22)13-20/h11,14-17,20-24H,2-10,12-13H2,1H3/t14-,15+,16+,17+/m0/s1. The van der Waals surface area contributed by atoms with Gasteiger partial charge in [0.2, 0.25) is 0 Å². The molecule has 0 bridgehead atoms. The second-order valence-corrected chi connectivity index (χ2v) is 6.49. The SMILES string of the molecule is CN(CCCCCCCCCC=O)C[C@H](O)[C@@H](O)[C@H](O)[C@H](O)CO. The summed E-state index contributed by atoms with van der Waals surface area (Å²) in [4.78, 5) is 12.0. The van der Waals surface area contributed by atoms with E-state index in [4.69, 9.17) is 5.11 Å². The van der Waals surface area contributed by atoms with Crippen LogP contribution in [-0.4, -0.2) is 87.9 Å². The van der Waals surface area contributed by atoms with Gasteiger partial charge in [0.1, 0.15) is 24.6 Å². The van der Waals surface area contributed by atoms with Crippen molar-refractivity contribution in [3.05, 3.63) is 0 Å². The van der Waals surface area contributed by atoms with E-state index >= 15 is 0 Å². The van der Waals surface area contributed by atoms with E-state index in [-0.39, 0.29) is 6.54 Å². The molecule has 4 atom stereocenters. The Bertz CT molecular complexity index is 305. The zero-order valence-electron chi connectivity index (χ0n) is 14.8. The van der Waals surface area contributed by atoms with E-state index in [1.807, 2.05) is 11.9 Å². The maximum Gasteiger partial charge on any atom is 0.119 e. The van der Waals surface area contributed by atoms with Crippen LogP contribution in [0.25, 0.3) is 0 Å². The van der Waals surface area contributed by atoms with Gasteiger partial charge in [-0.3, -0.25) is 0 Å². The third-order valence-electron chi connectivity index (χ3n) is 4.19. The summed E-state index contributed by atoms with van der Waals surface area (Å²) in [5.74, 6) is 0. The molecule has 7 nitrogen and oxygen atoms in total. The van der Waals surface area contributed by atoms with Gasteiger partial charge in [-0.15, -0.1) is 0 Å². The Morgan fingerprint density at radius 3 is 1.88 bits per heavy atom. The molecule has 0 fully saturated rings. The van der Waals surface area contributed by atoms with Crippen LogP contribution in [0.2, 0.25) is 0 Å². The number of likely N-dealkylation sites (N-methyl/N-ethyl adjacent to an activating group) is 1. The van der Waals surface area contributed by atoms with Gasteiger partial charge in [-0.2, -0.15) is 0 Å². The topological polar surface area (TPSA) is 121 Å². The van der Waals surface area contributed by atoms with Gasteiger partial charge in [-0.25, -0.2) is 0 Å². The minimum absolute atomic E-state index is 0.183. The van der Waals surface area contributed by atoms with Crippen molar-refractivity contribution in [3.63, 3.8) is 0 Å². The van der Waals surface area contributed by atoms with Crippen molar-refractivity contribution in [2.45, 2.75) is 75.8 Å². The third kappa shape index (κ3) is 11.1. The molecule has 0 radical (unpaired) electrons. The molecule has 0 saturated carbocycles. The van der Waals surface area contributed by atoms with Gasteiger partial charge in [0.15, 0.2) is 0 Å². The number of aldehydes is 1. The number of hydrogen-bond donors (Lipinski definition) is 5. The van der Waals surface area contributed by atoms with Gasteiger partial charge in [-0.05, 0) is 26.4 Å². The van der Waals surface area contributed by atoms with Crippen LogP contribution < -0.4 is 0 Å². The van der Waals surface area contributed by atoms with E-state index in [2.05, 4.69) is 0 Å². The van der Waals surface area contributed by atoms with E-state index in [9.17, 15) is 25.2 Å². The fraction of sp³-hybridized carbons (Fsp3) is 0.941. The Labute approximate surface area is 144 Å². The van der Waals surface area contributed by atoms with Crippen LogP contribution in [0.5, 0.6) is 0 Å². The Balaban J connectivity index is 3.70. The first kappa shape index (κ1) is 23.4. The molecule has 0 aliphatic carbocycles. The molecule has 0 heterocycles. The normalized spacial score (nSPS) is 16.8. The molecule has 0 aliphatic rings. The van der Waals surface area contributed by atoms with Crippen molar-refractivity contribution in [3.8, 4) is 0 Å². The summed E-state index contributed by atoms with van der Waals surface area (Å²) in [5, 5.41) is 47.2. The monoisotopic (exact) mass is 349 g/mol. The van der Waals surface area contributed by atoms with Crippen LogP contribution in [0.3, 0.4) is 0 Å². The van der Waals surface area contributed by atoms with E-state index < -0.39 is 31.0 Å². The van der Waals surface area contributed by atoms with Crippen molar-refractivity contribution in [2.24, 2.45) is 0 Å². The van der Waals surface area contributed by atoms with Gasteiger partial charge < -0.3 is 35.2 Å². The largest absolute Gasteiger partial charge is 0.394 e. The predicted octanol–water partition coefficient (Wildman–Crippen LogP) is -0.326. The molecule has 7 heteroatoms. The molecule has 0 unspecified atom stereocenters. The van der Waals surface area contributed by atoms with E-state index in [0.29, 0.717) is 6.42 Å². The molecule has 0 aromatic heterocycles. The Morgan fingerprint density at radius 1 is 0.833 bits per heavy atom. The van der Waals surface area contributed by atoms with Crippen LogP contribution in [0.4, 0.5) is 0 Å². The highest BCUT2D eigenvalue weighted by atomic mass is 16.4. The summed E-state index contributed by atoms with van der Waals surface area (Å²) >= 11 is 0. The molecular weight excluding hydrogens is 314 g/mol. The fourth-order valence-electron chi connectivity index (χ4n) is 2.58. The second-order valence-electron chi connectivity index (χ2n) is 6.49. The van der Waals surface area contributed by atoms with Gasteiger partial charge in [0.05, 0.1) is 12.7 Å². The minimum Gasteiger partial charge on any atom is -0.394 e. The van der Waals surface area contributed by atoms with Crippen molar-refractivity contribution in [2.75, 3.05) is 26.7 Å². The van der Waals surface area contributed by atoms with Crippen molar-refractivity contribution in [1.82, 2.24) is 4.90 Å². The molecule has 144 valence electrons. The predicted molar refractivity (Wildman–Crippen MR) is 91.6 cm³/mol. The lowest BCUT2D eigenvalue weighted by Gasteiger charge is -2.28. The van der Waals surface area contributed by atoms with Crippen LogP contribution in [-0.2, 0) is 4.79 Å². The lowest BCUT2D eigenvalue weighted by molar-refractivity contribution is -0.118. The molecule has 0 aromatic carbocycles. The number of unbranched alkanes of at least 4 members (excludes halogenated alkanes) is 7. The number of aliphatic hydroxyl groups excluding tert-OH is 5. The maximum absolute atomic E-state index is 10.2. The average molecular weight is 349 g/mol. The van der Waals surface area contributed by atoms with Gasteiger partial charge in [-0.1, -0.05) is 32.1 Å². The average Bonchev–Trinajstić information content (AvgIpc) is 2.58.